The first-order chi connectivity index (χ1) is 14.6. The Balaban J connectivity index is 1.49. The molecule has 2 aromatic carbocycles. The van der Waals surface area contributed by atoms with Crippen LogP contribution in [-0.2, 0) is 17.8 Å². The Kier molecular flexibility index (Phi) is 5.67. The van der Waals surface area contributed by atoms with Crippen LogP contribution in [0.4, 0.5) is 10.6 Å². The molecule has 8 heteroatoms. The quantitative estimate of drug-likeness (QED) is 0.523. The minimum absolute atomic E-state index is 0.105. The van der Waals surface area contributed by atoms with E-state index in [0.29, 0.717) is 31.9 Å². The van der Waals surface area contributed by atoms with Crippen LogP contribution in [0.5, 0.6) is 0 Å². The summed E-state index contributed by atoms with van der Waals surface area (Å²) in [7, 11) is 0. The zero-order valence-corrected chi connectivity index (χ0v) is 17.2. The summed E-state index contributed by atoms with van der Waals surface area (Å²) in [5.74, 6) is 0.152. The molecule has 8 nitrogen and oxygen atoms in total. The smallest absolute Gasteiger partial charge is 0.329 e. The maximum atomic E-state index is 13.0. The first kappa shape index (κ1) is 19.9. The van der Waals surface area contributed by atoms with E-state index in [1.54, 1.807) is 0 Å². The molecule has 0 fully saturated rings. The number of H-pyrrole nitrogens is 1. The van der Waals surface area contributed by atoms with Gasteiger partial charge in [-0.3, -0.25) is 15.3 Å². The first-order valence-electron chi connectivity index (χ1n) is 10.2. The number of hydrogen-bond acceptors (Lipinski definition) is 4. The van der Waals surface area contributed by atoms with Gasteiger partial charge in [-0.25, -0.2) is 9.80 Å². The summed E-state index contributed by atoms with van der Waals surface area (Å²) in [6, 6.07) is 13.8. The van der Waals surface area contributed by atoms with E-state index in [9.17, 15) is 9.59 Å². The van der Waals surface area contributed by atoms with Gasteiger partial charge in [0.25, 0.3) is 0 Å². The number of urea groups is 1. The molecule has 1 aromatic heterocycles. The molecular weight excluding hydrogens is 380 g/mol. The fraction of sp³-hybridized carbons (Fsp3) is 0.318. The van der Waals surface area contributed by atoms with Gasteiger partial charge in [0.15, 0.2) is 0 Å². The maximum Gasteiger partial charge on any atom is 0.329 e. The Hall–Kier alpha value is -3.39. The van der Waals surface area contributed by atoms with Crippen molar-refractivity contribution in [2.45, 2.75) is 32.7 Å². The van der Waals surface area contributed by atoms with Gasteiger partial charge in [0, 0.05) is 31.6 Å². The van der Waals surface area contributed by atoms with Crippen molar-refractivity contribution >= 4 is 28.5 Å². The van der Waals surface area contributed by atoms with Crippen molar-refractivity contribution in [1.29, 1.82) is 0 Å². The van der Waals surface area contributed by atoms with Gasteiger partial charge in [-0.2, -0.15) is 5.10 Å². The van der Waals surface area contributed by atoms with Crippen LogP contribution in [0.1, 0.15) is 36.6 Å². The van der Waals surface area contributed by atoms with Crippen LogP contribution < -0.4 is 16.1 Å². The topological polar surface area (TPSA) is 102 Å². The zero-order chi connectivity index (χ0) is 21.1. The first-order valence-corrected chi connectivity index (χ1v) is 10.2. The third kappa shape index (κ3) is 3.99. The van der Waals surface area contributed by atoms with E-state index in [0.717, 1.165) is 27.6 Å². The largest absolute Gasteiger partial charge is 0.337 e. The molecule has 30 heavy (non-hydrogen) atoms. The number of nitrogens with zero attached hydrogens (tertiary/aromatic N) is 2. The summed E-state index contributed by atoms with van der Waals surface area (Å²) in [5, 5.41) is 17.0. The van der Waals surface area contributed by atoms with Crippen LogP contribution in [-0.4, -0.2) is 40.2 Å². The molecule has 0 spiro atoms. The number of nitrogens with one attached hydrogen (secondary N) is 4. The van der Waals surface area contributed by atoms with Gasteiger partial charge in [0.05, 0.1) is 11.6 Å². The van der Waals surface area contributed by atoms with Gasteiger partial charge in [-0.1, -0.05) is 42.5 Å². The third-order valence-electron chi connectivity index (χ3n) is 5.45. The average Bonchev–Trinajstić information content (AvgIpc) is 3.15. The highest BCUT2D eigenvalue weighted by Crippen LogP contribution is 2.28. The number of fused-ring (bicyclic) bond motifs is 2. The minimum atomic E-state index is -0.330. The Morgan fingerprint density at radius 2 is 2.00 bits per heavy atom. The molecule has 4 N–H and O–H groups in total. The lowest BCUT2D eigenvalue weighted by atomic mass is 9.94. The second-order valence-electron chi connectivity index (χ2n) is 7.45. The average molecular weight is 406 g/mol. The molecule has 156 valence electrons. The molecule has 0 saturated carbocycles. The fourth-order valence-corrected chi connectivity index (χ4v) is 3.83. The number of rotatable bonds is 5. The number of hydrazine groups is 1. The van der Waals surface area contributed by atoms with Crippen LogP contribution in [0.2, 0.25) is 0 Å². The van der Waals surface area contributed by atoms with E-state index in [2.05, 4.69) is 26.3 Å². The molecule has 3 amide bonds. The Morgan fingerprint density at radius 3 is 2.83 bits per heavy atom. The predicted molar refractivity (Wildman–Crippen MR) is 116 cm³/mol. The number of aromatic nitrogens is 2. The van der Waals surface area contributed by atoms with E-state index in [1.165, 1.54) is 0 Å². The molecular formula is C22H26N6O2. The van der Waals surface area contributed by atoms with Crippen molar-refractivity contribution in [2.75, 3.05) is 18.4 Å². The highest BCUT2D eigenvalue weighted by atomic mass is 16.2. The molecule has 0 radical (unpaired) electrons. The van der Waals surface area contributed by atoms with Crippen LogP contribution in [0.3, 0.4) is 0 Å². The second-order valence-corrected chi connectivity index (χ2v) is 7.45. The van der Waals surface area contributed by atoms with Crippen molar-refractivity contribution in [1.82, 2.24) is 25.9 Å². The number of anilines is 1. The molecule has 0 bridgehead atoms. The fourth-order valence-electron chi connectivity index (χ4n) is 3.83. The molecule has 1 unspecified atom stereocenters. The maximum absolute atomic E-state index is 13.0. The van der Waals surface area contributed by atoms with Crippen molar-refractivity contribution < 1.29 is 9.59 Å². The Labute approximate surface area is 175 Å². The molecule has 1 aliphatic heterocycles. The minimum Gasteiger partial charge on any atom is -0.337 e. The van der Waals surface area contributed by atoms with E-state index >= 15 is 0 Å². The van der Waals surface area contributed by atoms with E-state index in [1.807, 2.05) is 61.3 Å². The number of benzene rings is 2. The van der Waals surface area contributed by atoms with Gasteiger partial charge in [-0.15, -0.1) is 0 Å². The molecule has 0 saturated heterocycles. The normalized spacial score (nSPS) is 14.7. The van der Waals surface area contributed by atoms with Crippen LogP contribution >= 0.6 is 0 Å². The Bertz CT molecular complexity index is 1070. The highest BCUT2D eigenvalue weighted by Gasteiger charge is 2.25. The van der Waals surface area contributed by atoms with E-state index in [4.69, 9.17) is 0 Å². The van der Waals surface area contributed by atoms with E-state index < -0.39 is 0 Å². The van der Waals surface area contributed by atoms with Crippen molar-refractivity contribution in [3.63, 3.8) is 0 Å². The molecule has 1 aliphatic rings. The van der Waals surface area contributed by atoms with E-state index in [-0.39, 0.29) is 17.9 Å². The monoisotopic (exact) mass is 406 g/mol. The SMILES string of the molecule is CCNC(=O)NN1CCc2n[nH]c(NC(=O)C(C)c3cccc4ccccc34)c2C1. The van der Waals surface area contributed by atoms with Crippen LogP contribution in [0.25, 0.3) is 10.8 Å². The summed E-state index contributed by atoms with van der Waals surface area (Å²) in [4.78, 5) is 24.9. The molecule has 1 atom stereocenters. The number of aromatic amines is 1. The predicted octanol–water partition coefficient (Wildman–Crippen LogP) is 2.90. The second kappa shape index (κ2) is 8.54. The molecule has 3 aromatic rings. The number of carbonyl (C=O) groups is 2. The van der Waals surface area contributed by atoms with Gasteiger partial charge < -0.3 is 10.6 Å². The van der Waals surface area contributed by atoms with Crippen LogP contribution in [0, 0.1) is 0 Å². The standard InChI is InChI=1S/C22H26N6O2/c1-3-23-22(30)27-28-12-11-19-18(13-28)20(26-25-19)24-21(29)14(2)16-10-6-8-15-7-4-5-9-17(15)16/h4-10,14H,3,11-13H2,1-2H3,(H2,23,27,30)(H2,24,25,26,29). The molecule has 4 rings (SSSR count). The van der Waals surface area contributed by atoms with Gasteiger partial charge in [-0.05, 0) is 30.2 Å². The number of amides is 3. The van der Waals surface area contributed by atoms with Gasteiger partial charge in [0.2, 0.25) is 5.91 Å². The zero-order valence-electron chi connectivity index (χ0n) is 17.2. The number of hydrogen-bond donors (Lipinski definition) is 4. The molecule has 0 aliphatic carbocycles. The Morgan fingerprint density at radius 1 is 1.20 bits per heavy atom. The summed E-state index contributed by atoms with van der Waals surface area (Å²) in [6.07, 6.45) is 0.687. The molecule has 2 heterocycles. The van der Waals surface area contributed by atoms with Crippen molar-refractivity contribution in [3.05, 3.63) is 59.3 Å². The van der Waals surface area contributed by atoms with Crippen molar-refractivity contribution in [2.24, 2.45) is 0 Å². The van der Waals surface area contributed by atoms with Crippen molar-refractivity contribution in [3.8, 4) is 0 Å². The highest BCUT2D eigenvalue weighted by molar-refractivity contribution is 5.99. The summed E-state index contributed by atoms with van der Waals surface area (Å²) in [5.41, 5.74) is 5.63. The summed E-state index contributed by atoms with van der Waals surface area (Å²) in [6.45, 7) is 5.47. The van der Waals surface area contributed by atoms with Gasteiger partial charge in [0.1, 0.15) is 5.82 Å². The summed E-state index contributed by atoms with van der Waals surface area (Å²) < 4.78 is 0. The lowest BCUT2D eigenvalue weighted by Gasteiger charge is -2.27. The lowest BCUT2D eigenvalue weighted by molar-refractivity contribution is -0.117. The third-order valence-corrected chi connectivity index (χ3v) is 5.45. The number of carbonyl (C=O) groups excluding carboxylic acids is 2. The summed E-state index contributed by atoms with van der Waals surface area (Å²) >= 11 is 0. The van der Waals surface area contributed by atoms with Gasteiger partial charge >= 0.3 is 6.03 Å². The lowest BCUT2D eigenvalue weighted by Crippen LogP contribution is -2.49. The van der Waals surface area contributed by atoms with Crippen LogP contribution in [0.15, 0.2) is 42.5 Å².